The molecule has 0 unspecified atom stereocenters. The van der Waals surface area contributed by atoms with Gasteiger partial charge in [0.2, 0.25) is 15.9 Å². The third kappa shape index (κ3) is 6.21. The summed E-state index contributed by atoms with van der Waals surface area (Å²) in [6, 6.07) is 12.8. The molecular weight excluding hydrogens is 466 g/mol. The summed E-state index contributed by atoms with van der Waals surface area (Å²) in [7, 11) is -2.05. The Kier molecular flexibility index (Phi) is 8.91. The van der Waals surface area contributed by atoms with Crippen LogP contribution in [0.1, 0.15) is 42.6 Å². The molecular formula is C26H35N3O5S. The van der Waals surface area contributed by atoms with Gasteiger partial charge in [0.15, 0.2) is 0 Å². The van der Waals surface area contributed by atoms with Gasteiger partial charge < -0.3 is 15.0 Å². The molecule has 2 amide bonds. The minimum absolute atomic E-state index is 0.142. The summed E-state index contributed by atoms with van der Waals surface area (Å²) in [6.07, 6.45) is 0.956. The van der Waals surface area contributed by atoms with Gasteiger partial charge in [0.1, 0.15) is 11.8 Å². The van der Waals surface area contributed by atoms with Crippen LogP contribution in [0.5, 0.6) is 5.75 Å². The van der Waals surface area contributed by atoms with Crippen molar-refractivity contribution in [1.82, 2.24) is 14.5 Å². The number of carbonyl (C=O) groups excluding carboxylic acids is 2. The van der Waals surface area contributed by atoms with Gasteiger partial charge in [-0.05, 0) is 75.9 Å². The monoisotopic (exact) mass is 501 g/mol. The second-order valence-electron chi connectivity index (χ2n) is 8.74. The number of rotatable bonds is 9. The Morgan fingerprint density at radius 2 is 1.60 bits per heavy atom. The lowest BCUT2D eigenvalue weighted by Crippen LogP contribution is -2.54. The molecule has 9 heteroatoms. The average Bonchev–Trinajstić information content (AvgIpc) is 2.88. The normalized spacial score (nSPS) is 15.9. The Hall–Kier alpha value is -2.91. The van der Waals surface area contributed by atoms with E-state index in [2.05, 4.69) is 5.32 Å². The SMILES string of the molecule is CCN(CC)C(=O)[C@H](NC(=O)c1ccc(OC)cc1)C1CCN(S(=O)(=O)c2ccc(C)cc2)CC1. The first kappa shape index (κ1) is 26.7. The van der Waals surface area contributed by atoms with Gasteiger partial charge in [0, 0.05) is 31.7 Å². The summed E-state index contributed by atoms with van der Waals surface area (Å²) in [6.45, 7) is 7.37. The van der Waals surface area contributed by atoms with Gasteiger partial charge in [-0.25, -0.2) is 8.42 Å². The molecule has 1 aliphatic rings. The average molecular weight is 502 g/mol. The van der Waals surface area contributed by atoms with E-state index in [-0.39, 0.29) is 22.6 Å². The lowest BCUT2D eigenvalue weighted by atomic mass is 9.89. The number of benzene rings is 2. The highest BCUT2D eigenvalue weighted by atomic mass is 32.2. The Morgan fingerprint density at radius 3 is 2.11 bits per heavy atom. The van der Waals surface area contributed by atoms with E-state index in [1.165, 1.54) is 4.31 Å². The van der Waals surface area contributed by atoms with Crippen molar-refractivity contribution >= 4 is 21.8 Å². The molecule has 0 saturated carbocycles. The third-order valence-corrected chi connectivity index (χ3v) is 8.52. The van der Waals surface area contributed by atoms with Crippen molar-refractivity contribution in [1.29, 1.82) is 0 Å². The summed E-state index contributed by atoms with van der Waals surface area (Å²) in [4.78, 5) is 28.3. The van der Waals surface area contributed by atoms with Crippen molar-refractivity contribution < 1.29 is 22.7 Å². The number of piperidine rings is 1. The Morgan fingerprint density at radius 1 is 1.03 bits per heavy atom. The maximum Gasteiger partial charge on any atom is 0.251 e. The summed E-state index contributed by atoms with van der Waals surface area (Å²) in [5.74, 6) is -0.0150. The third-order valence-electron chi connectivity index (χ3n) is 6.61. The standard InChI is InChI=1S/C26H35N3O5S/c1-5-28(6-2)26(31)24(27-25(30)21-9-11-22(34-4)12-10-21)20-15-17-29(18-16-20)35(32,33)23-13-7-19(3)8-14-23/h7-14,20,24H,5-6,15-18H2,1-4H3,(H,27,30)/t24-/m1/s1. The van der Waals surface area contributed by atoms with Crippen molar-refractivity contribution in [2.24, 2.45) is 5.92 Å². The molecule has 35 heavy (non-hydrogen) atoms. The predicted molar refractivity (Wildman–Crippen MR) is 135 cm³/mol. The first-order chi connectivity index (χ1) is 16.7. The van der Waals surface area contributed by atoms with Crippen LogP contribution in [0.4, 0.5) is 0 Å². The smallest absolute Gasteiger partial charge is 0.251 e. The van der Waals surface area contributed by atoms with E-state index < -0.39 is 16.1 Å². The number of hydrogen-bond donors (Lipinski definition) is 1. The quantitative estimate of drug-likeness (QED) is 0.570. The zero-order chi connectivity index (χ0) is 25.6. The van der Waals surface area contributed by atoms with Crippen LogP contribution in [-0.4, -0.2) is 68.8 Å². The maximum atomic E-state index is 13.4. The largest absolute Gasteiger partial charge is 0.497 e. The van der Waals surface area contributed by atoms with E-state index in [1.54, 1.807) is 60.5 Å². The molecule has 0 bridgehead atoms. The van der Waals surface area contributed by atoms with E-state index >= 15 is 0 Å². The van der Waals surface area contributed by atoms with Crippen molar-refractivity contribution in [2.75, 3.05) is 33.3 Å². The molecule has 1 fully saturated rings. The van der Waals surface area contributed by atoms with Gasteiger partial charge in [-0.2, -0.15) is 4.31 Å². The molecule has 8 nitrogen and oxygen atoms in total. The molecule has 0 spiro atoms. The molecule has 1 saturated heterocycles. The van der Waals surface area contributed by atoms with Gasteiger partial charge in [-0.3, -0.25) is 9.59 Å². The number of carbonyl (C=O) groups is 2. The van der Waals surface area contributed by atoms with E-state index in [9.17, 15) is 18.0 Å². The van der Waals surface area contributed by atoms with Crippen LogP contribution in [0.25, 0.3) is 0 Å². The predicted octanol–water partition coefficient (Wildman–Crippen LogP) is 3.07. The van der Waals surface area contributed by atoms with Crippen molar-refractivity contribution in [2.45, 2.75) is 44.6 Å². The second kappa shape index (κ2) is 11.7. The van der Waals surface area contributed by atoms with Crippen LogP contribution in [0.2, 0.25) is 0 Å². The van der Waals surface area contributed by atoms with Gasteiger partial charge >= 0.3 is 0 Å². The van der Waals surface area contributed by atoms with Gasteiger partial charge in [-0.1, -0.05) is 17.7 Å². The van der Waals surface area contributed by atoms with Crippen LogP contribution in [0.15, 0.2) is 53.4 Å². The van der Waals surface area contributed by atoms with Crippen molar-refractivity contribution in [3.8, 4) is 5.75 Å². The van der Waals surface area contributed by atoms with Crippen LogP contribution in [-0.2, 0) is 14.8 Å². The molecule has 0 aliphatic carbocycles. The number of ether oxygens (including phenoxy) is 1. The van der Waals surface area contributed by atoms with Crippen LogP contribution in [0.3, 0.4) is 0 Å². The van der Waals surface area contributed by atoms with Crippen LogP contribution in [0, 0.1) is 12.8 Å². The van der Waals surface area contributed by atoms with Crippen LogP contribution < -0.4 is 10.1 Å². The number of aryl methyl sites for hydroxylation is 1. The van der Waals surface area contributed by atoms with Gasteiger partial charge in [0.05, 0.1) is 12.0 Å². The fraction of sp³-hybridized carbons (Fsp3) is 0.462. The van der Waals surface area contributed by atoms with E-state index in [0.29, 0.717) is 50.3 Å². The number of nitrogens with zero attached hydrogens (tertiary/aromatic N) is 2. The maximum absolute atomic E-state index is 13.4. The number of sulfonamides is 1. The van der Waals surface area contributed by atoms with Crippen molar-refractivity contribution in [3.05, 3.63) is 59.7 Å². The number of nitrogens with one attached hydrogen (secondary N) is 1. The fourth-order valence-electron chi connectivity index (χ4n) is 4.39. The zero-order valence-corrected chi connectivity index (χ0v) is 21.7. The summed E-state index contributed by atoms with van der Waals surface area (Å²) < 4.78 is 32.8. The summed E-state index contributed by atoms with van der Waals surface area (Å²) >= 11 is 0. The molecule has 0 radical (unpaired) electrons. The lowest BCUT2D eigenvalue weighted by Gasteiger charge is -2.37. The molecule has 0 aromatic heterocycles. The fourth-order valence-corrected chi connectivity index (χ4v) is 5.86. The highest BCUT2D eigenvalue weighted by Gasteiger charge is 2.37. The highest BCUT2D eigenvalue weighted by molar-refractivity contribution is 7.89. The Labute approximate surface area is 208 Å². The topological polar surface area (TPSA) is 96.0 Å². The zero-order valence-electron chi connectivity index (χ0n) is 20.9. The number of methoxy groups -OCH3 is 1. The molecule has 190 valence electrons. The minimum atomic E-state index is -3.61. The van der Waals surface area contributed by atoms with E-state index in [0.717, 1.165) is 5.56 Å². The Balaban J connectivity index is 1.76. The molecule has 1 N–H and O–H groups in total. The molecule has 2 aromatic carbocycles. The molecule has 1 aliphatic heterocycles. The molecule has 1 atom stereocenters. The lowest BCUT2D eigenvalue weighted by molar-refractivity contribution is -0.134. The van der Waals surface area contributed by atoms with Gasteiger partial charge in [0.25, 0.3) is 5.91 Å². The summed E-state index contributed by atoms with van der Waals surface area (Å²) in [5, 5.41) is 2.94. The first-order valence-corrected chi connectivity index (χ1v) is 13.5. The second-order valence-corrected chi connectivity index (χ2v) is 10.7. The van der Waals surface area contributed by atoms with E-state index in [4.69, 9.17) is 4.74 Å². The molecule has 2 aromatic rings. The Bertz CT molecular complexity index is 1100. The first-order valence-electron chi connectivity index (χ1n) is 12.0. The van der Waals surface area contributed by atoms with Crippen molar-refractivity contribution in [3.63, 3.8) is 0 Å². The molecule has 1 heterocycles. The number of hydrogen-bond acceptors (Lipinski definition) is 5. The van der Waals surface area contributed by atoms with E-state index in [1.807, 2.05) is 20.8 Å². The van der Waals surface area contributed by atoms with Crippen LogP contribution >= 0.6 is 0 Å². The minimum Gasteiger partial charge on any atom is -0.497 e. The molecule has 3 rings (SSSR count). The van der Waals surface area contributed by atoms with Gasteiger partial charge in [-0.15, -0.1) is 0 Å². The summed E-state index contributed by atoms with van der Waals surface area (Å²) in [5.41, 5.74) is 1.43. The number of likely N-dealkylation sites (N-methyl/N-ethyl adjacent to an activating group) is 1. The highest BCUT2D eigenvalue weighted by Crippen LogP contribution is 2.27. The number of amides is 2.